The van der Waals surface area contributed by atoms with Crippen LogP contribution in [-0.4, -0.2) is 15.1 Å². The number of pyridine rings is 1. The summed E-state index contributed by atoms with van der Waals surface area (Å²) in [5.41, 5.74) is 0.964. The van der Waals surface area contributed by atoms with E-state index in [-0.39, 0.29) is 0 Å². The third-order valence-corrected chi connectivity index (χ3v) is 2.43. The molecule has 2 heterocycles. The quantitative estimate of drug-likeness (QED) is 0.741. The summed E-state index contributed by atoms with van der Waals surface area (Å²) in [5, 5.41) is 7.98. The molecule has 5 nitrogen and oxygen atoms in total. The minimum atomic E-state index is 0.502. The maximum atomic E-state index is 4.65. The van der Waals surface area contributed by atoms with Crippen molar-refractivity contribution in [2.24, 2.45) is 0 Å². The third-order valence-electron chi connectivity index (χ3n) is 2.43. The SMILES string of the molecule is c1ccc2nc(NCc3ncon3)ccc2c1. The Morgan fingerprint density at radius 3 is 2.94 bits per heavy atom. The van der Waals surface area contributed by atoms with Crippen LogP contribution in [0, 0.1) is 0 Å². The zero-order chi connectivity index (χ0) is 11.5. The Kier molecular flexibility index (Phi) is 2.42. The first-order valence-electron chi connectivity index (χ1n) is 5.27. The Labute approximate surface area is 97.5 Å². The highest BCUT2D eigenvalue weighted by atomic mass is 16.5. The first-order chi connectivity index (χ1) is 8.42. The van der Waals surface area contributed by atoms with Gasteiger partial charge in [-0.3, -0.25) is 0 Å². The number of nitrogens with one attached hydrogen (secondary N) is 1. The molecule has 84 valence electrons. The van der Waals surface area contributed by atoms with Crippen molar-refractivity contribution in [3.8, 4) is 0 Å². The molecule has 3 rings (SSSR count). The number of para-hydroxylation sites is 1. The third kappa shape index (κ3) is 2.08. The van der Waals surface area contributed by atoms with Gasteiger partial charge in [0, 0.05) is 5.39 Å². The van der Waals surface area contributed by atoms with E-state index in [1.165, 1.54) is 6.39 Å². The topological polar surface area (TPSA) is 63.8 Å². The zero-order valence-electron chi connectivity index (χ0n) is 9.00. The lowest BCUT2D eigenvalue weighted by molar-refractivity contribution is 0.411. The fourth-order valence-electron chi connectivity index (χ4n) is 1.60. The van der Waals surface area contributed by atoms with Crippen LogP contribution in [0.5, 0.6) is 0 Å². The van der Waals surface area contributed by atoms with Gasteiger partial charge in [0.1, 0.15) is 5.82 Å². The zero-order valence-corrected chi connectivity index (χ0v) is 9.00. The summed E-state index contributed by atoms with van der Waals surface area (Å²) in [6.45, 7) is 0.502. The van der Waals surface area contributed by atoms with Crippen molar-refractivity contribution >= 4 is 16.7 Å². The number of anilines is 1. The largest absolute Gasteiger partial charge is 0.363 e. The highest BCUT2D eigenvalue weighted by Gasteiger charge is 2.00. The van der Waals surface area contributed by atoms with Gasteiger partial charge < -0.3 is 9.84 Å². The molecular weight excluding hydrogens is 216 g/mol. The highest BCUT2D eigenvalue weighted by Crippen LogP contribution is 2.14. The van der Waals surface area contributed by atoms with E-state index in [2.05, 4.69) is 25.0 Å². The standard InChI is InChI=1S/C12H10N4O/c1-2-4-10-9(3-1)5-6-11(15-10)13-7-12-14-8-17-16-12/h1-6,8H,7H2,(H,13,15). The van der Waals surface area contributed by atoms with Crippen LogP contribution in [0.25, 0.3) is 10.9 Å². The number of benzene rings is 1. The van der Waals surface area contributed by atoms with E-state index in [1.54, 1.807) is 0 Å². The van der Waals surface area contributed by atoms with Crippen molar-refractivity contribution in [1.29, 1.82) is 0 Å². The molecule has 3 aromatic rings. The van der Waals surface area contributed by atoms with Gasteiger partial charge in [0.25, 0.3) is 0 Å². The molecule has 17 heavy (non-hydrogen) atoms. The Balaban J connectivity index is 1.81. The van der Waals surface area contributed by atoms with Gasteiger partial charge >= 0.3 is 0 Å². The van der Waals surface area contributed by atoms with Crippen molar-refractivity contribution in [2.45, 2.75) is 6.54 Å². The summed E-state index contributed by atoms with van der Waals surface area (Å²) in [7, 11) is 0. The molecule has 0 atom stereocenters. The van der Waals surface area contributed by atoms with E-state index >= 15 is 0 Å². The number of rotatable bonds is 3. The van der Waals surface area contributed by atoms with Crippen molar-refractivity contribution < 1.29 is 4.52 Å². The van der Waals surface area contributed by atoms with E-state index in [1.807, 2.05) is 36.4 Å². The van der Waals surface area contributed by atoms with Crippen LogP contribution < -0.4 is 5.32 Å². The predicted molar refractivity (Wildman–Crippen MR) is 63.4 cm³/mol. The average Bonchev–Trinajstić information content (AvgIpc) is 2.89. The molecule has 0 aliphatic heterocycles. The molecule has 0 amide bonds. The molecule has 2 aromatic heterocycles. The van der Waals surface area contributed by atoms with Crippen LogP contribution >= 0.6 is 0 Å². The maximum Gasteiger partial charge on any atom is 0.213 e. The lowest BCUT2D eigenvalue weighted by atomic mass is 10.2. The Morgan fingerprint density at radius 1 is 1.12 bits per heavy atom. The molecule has 5 heteroatoms. The Morgan fingerprint density at radius 2 is 2.06 bits per heavy atom. The number of aromatic nitrogens is 3. The molecule has 0 aliphatic carbocycles. The van der Waals surface area contributed by atoms with Gasteiger partial charge in [-0.25, -0.2) is 4.98 Å². The van der Waals surface area contributed by atoms with Crippen molar-refractivity contribution in [2.75, 3.05) is 5.32 Å². The minimum absolute atomic E-state index is 0.502. The smallest absolute Gasteiger partial charge is 0.213 e. The van der Waals surface area contributed by atoms with E-state index in [9.17, 15) is 0 Å². The van der Waals surface area contributed by atoms with Gasteiger partial charge in [-0.05, 0) is 18.2 Å². The van der Waals surface area contributed by atoms with E-state index < -0.39 is 0 Å². The molecule has 1 aromatic carbocycles. The van der Waals surface area contributed by atoms with E-state index in [0.29, 0.717) is 12.4 Å². The molecule has 0 saturated carbocycles. The first-order valence-corrected chi connectivity index (χ1v) is 5.27. The molecule has 0 bridgehead atoms. The first kappa shape index (κ1) is 9.77. The van der Waals surface area contributed by atoms with Crippen molar-refractivity contribution in [1.82, 2.24) is 15.1 Å². The Hall–Kier alpha value is -2.43. The van der Waals surface area contributed by atoms with Crippen molar-refractivity contribution in [3.63, 3.8) is 0 Å². The van der Waals surface area contributed by atoms with E-state index in [4.69, 9.17) is 0 Å². The molecule has 1 N–H and O–H groups in total. The number of hydrogen-bond donors (Lipinski definition) is 1. The van der Waals surface area contributed by atoms with Gasteiger partial charge in [-0.15, -0.1) is 0 Å². The summed E-state index contributed by atoms with van der Waals surface area (Å²) >= 11 is 0. The number of hydrogen-bond acceptors (Lipinski definition) is 5. The molecule has 0 fully saturated rings. The van der Waals surface area contributed by atoms with Gasteiger partial charge in [-0.1, -0.05) is 23.4 Å². The molecular formula is C12H10N4O. The average molecular weight is 226 g/mol. The molecule has 0 radical (unpaired) electrons. The van der Waals surface area contributed by atoms with Crippen LogP contribution in [0.2, 0.25) is 0 Å². The lowest BCUT2D eigenvalue weighted by Gasteiger charge is -2.03. The summed E-state index contributed by atoms with van der Waals surface area (Å²) in [6, 6.07) is 11.9. The summed E-state index contributed by atoms with van der Waals surface area (Å²) in [6.07, 6.45) is 1.31. The molecule has 0 spiro atoms. The maximum absolute atomic E-state index is 4.65. The minimum Gasteiger partial charge on any atom is -0.363 e. The second-order valence-electron chi connectivity index (χ2n) is 3.59. The fourth-order valence-corrected chi connectivity index (χ4v) is 1.60. The lowest BCUT2D eigenvalue weighted by Crippen LogP contribution is -2.02. The van der Waals surface area contributed by atoms with Crippen LogP contribution in [0.4, 0.5) is 5.82 Å². The van der Waals surface area contributed by atoms with Gasteiger partial charge in [0.15, 0.2) is 5.82 Å². The Bertz CT molecular complexity index is 621. The van der Waals surface area contributed by atoms with Gasteiger partial charge in [0.05, 0.1) is 12.1 Å². The second-order valence-corrected chi connectivity index (χ2v) is 3.59. The fraction of sp³-hybridized carbons (Fsp3) is 0.0833. The van der Waals surface area contributed by atoms with Crippen LogP contribution in [0.1, 0.15) is 5.82 Å². The van der Waals surface area contributed by atoms with Crippen LogP contribution in [-0.2, 0) is 6.54 Å². The van der Waals surface area contributed by atoms with Gasteiger partial charge in [-0.2, -0.15) is 4.98 Å². The summed E-state index contributed by atoms with van der Waals surface area (Å²) < 4.78 is 4.65. The number of fused-ring (bicyclic) bond motifs is 1. The van der Waals surface area contributed by atoms with Gasteiger partial charge in [0.2, 0.25) is 6.39 Å². The number of nitrogens with zero attached hydrogens (tertiary/aromatic N) is 3. The summed E-state index contributed by atoms with van der Waals surface area (Å²) in [5.74, 6) is 1.41. The molecule has 0 aliphatic rings. The van der Waals surface area contributed by atoms with Crippen molar-refractivity contribution in [3.05, 3.63) is 48.6 Å². The van der Waals surface area contributed by atoms with Crippen LogP contribution in [0.3, 0.4) is 0 Å². The normalized spacial score (nSPS) is 10.6. The monoisotopic (exact) mass is 226 g/mol. The molecule has 0 saturated heterocycles. The second kappa shape index (κ2) is 4.21. The molecule has 0 unspecified atom stereocenters. The highest BCUT2D eigenvalue weighted by molar-refractivity contribution is 5.79. The summed E-state index contributed by atoms with van der Waals surface area (Å²) in [4.78, 5) is 8.40. The van der Waals surface area contributed by atoms with E-state index in [0.717, 1.165) is 16.7 Å². The van der Waals surface area contributed by atoms with Crippen LogP contribution in [0.15, 0.2) is 47.3 Å². The predicted octanol–water partition coefficient (Wildman–Crippen LogP) is 2.23.